The SMILES string of the molecule is NC(=O)C1CCN(CC(=O)N2CCCc3ccccc32)CC1. The van der Waals surface area contributed by atoms with Crippen LogP contribution in [0, 0.1) is 5.92 Å². The molecule has 2 aliphatic rings. The van der Waals surface area contributed by atoms with E-state index in [4.69, 9.17) is 5.73 Å². The van der Waals surface area contributed by atoms with Gasteiger partial charge in [0.1, 0.15) is 0 Å². The van der Waals surface area contributed by atoms with Crippen LogP contribution in [0.5, 0.6) is 0 Å². The Kier molecular flexibility index (Phi) is 4.43. The number of benzene rings is 1. The Hall–Kier alpha value is -1.88. The van der Waals surface area contributed by atoms with Crippen molar-refractivity contribution >= 4 is 17.5 Å². The monoisotopic (exact) mass is 301 g/mol. The first kappa shape index (κ1) is 15.0. The van der Waals surface area contributed by atoms with Crippen LogP contribution in [0.3, 0.4) is 0 Å². The molecule has 1 aromatic carbocycles. The van der Waals surface area contributed by atoms with E-state index in [1.807, 2.05) is 23.1 Å². The molecule has 2 amide bonds. The highest BCUT2D eigenvalue weighted by atomic mass is 16.2. The van der Waals surface area contributed by atoms with E-state index in [2.05, 4.69) is 11.0 Å². The summed E-state index contributed by atoms with van der Waals surface area (Å²) >= 11 is 0. The van der Waals surface area contributed by atoms with Gasteiger partial charge in [-0.25, -0.2) is 0 Å². The van der Waals surface area contributed by atoms with Gasteiger partial charge in [-0.3, -0.25) is 14.5 Å². The van der Waals surface area contributed by atoms with Gasteiger partial charge in [-0.05, 0) is 50.4 Å². The number of rotatable bonds is 3. The van der Waals surface area contributed by atoms with Gasteiger partial charge in [0.25, 0.3) is 0 Å². The third-order valence-electron chi connectivity index (χ3n) is 4.76. The van der Waals surface area contributed by atoms with E-state index in [1.54, 1.807) is 0 Å². The van der Waals surface area contributed by atoms with E-state index in [9.17, 15) is 9.59 Å². The molecule has 22 heavy (non-hydrogen) atoms. The second-order valence-corrected chi connectivity index (χ2v) is 6.23. The normalized spacial score (nSPS) is 19.7. The zero-order valence-corrected chi connectivity index (χ0v) is 12.8. The van der Waals surface area contributed by atoms with E-state index < -0.39 is 0 Å². The van der Waals surface area contributed by atoms with Crippen LogP contribution in [0.1, 0.15) is 24.8 Å². The number of nitrogens with zero attached hydrogens (tertiary/aromatic N) is 2. The topological polar surface area (TPSA) is 66.6 Å². The molecule has 5 nitrogen and oxygen atoms in total. The lowest BCUT2D eigenvalue weighted by atomic mass is 9.96. The molecular weight excluding hydrogens is 278 g/mol. The summed E-state index contributed by atoms with van der Waals surface area (Å²) in [6, 6.07) is 8.16. The predicted octanol–water partition coefficient (Wildman–Crippen LogP) is 1.16. The highest BCUT2D eigenvalue weighted by molar-refractivity contribution is 5.96. The highest BCUT2D eigenvalue weighted by Crippen LogP contribution is 2.27. The number of amides is 2. The first-order valence-electron chi connectivity index (χ1n) is 8.05. The van der Waals surface area contributed by atoms with Gasteiger partial charge in [-0.15, -0.1) is 0 Å². The lowest BCUT2D eigenvalue weighted by Gasteiger charge is -2.34. The molecule has 0 atom stereocenters. The summed E-state index contributed by atoms with van der Waals surface area (Å²) < 4.78 is 0. The maximum atomic E-state index is 12.6. The minimum absolute atomic E-state index is 0.0259. The number of fused-ring (bicyclic) bond motifs is 1. The van der Waals surface area contributed by atoms with Gasteiger partial charge >= 0.3 is 0 Å². The van der Waals surface area contributed by atoms with Gasteiger partial charge in [-0.2, -0.15) is 0 Å². The largest absolute Gasteiger partial charge is 0.369 e. The molecule has 118 valence electrons. The molecule has 0 bridgehead atoms. The van der Waals surface area contributed by atoms with Gasteiger partial charge in [0.2, 0.25) is 11.8 Å². The standard InChI is InChI=1S/C17H23N3O2/c18-17(22)14-7-10-19(11-8-14)12-16(21)20-9-3-5-13-4-1-2-6-15(13)20/h1-2,4,6,14H,3,5,7-12H2,(H2,18,22). The van der Waals surface area contributed by atoms with Gasteiger partial charge in [0.15, 0.2) is 0 Å². The van der Waals surface area contributed by atoms with Crippen molar-refractivity contribution in [1.29, 1.82) is 0 Å². The number of carbonyl (C=O) groups excluding carboxylic acids is 2. The molecule has 0 aliphatic carbocycles. The van der Waals surface area contributed by atoms with Crippen molar-refractivity contribution in [3.63, 3.8) is 0 Å². The van der Waals surface area contributed by atoms with Crippen LogP contribution in [0.4, 0.5) is 5.69 Å². The van der Waals surface area contributed by atoms with Crippen LogP contribution in [-0.4, -0.2) is 42.9 Å². The van der Waals surface area contributed by atoms with Crippen LogP contribution >= 0.6 is 0 Å². The summed E-state index contributed by atoms with van der Waals surface area (Å²) in [5.74, 6) is -0.0809. The number of likely N-dealkylation sites (tertiary alicyclic amines) is 1. The molecule has 0 aromatic heterocycles. The number of hydrogen-bond donors (Lipinski definition) is 1. The van der Waals surface area contributed by atoms with Crippen LogP contribution in [0.2, 0.25) is 0 Å². The molecule has 1 aromatic rings. The Morgan fingerprint density at radius 2 is 1.86 bits per heavy atom. The van der Waals surface area contributed by atoms with Crippen LogP contribution in [0.15, 0.2) is 24.3 Å². The lowest BCUT2D eigenvalue weighted by Crippen LogP contribution is -2.46. The van der Waals surface area contributed by atoms with Crippen LogP contribution < -0.4 is 10.6 Å². The molecule has 0 saturated carbocycles. The van der Waals surface area contributed by atoms with Crippen molar-refractivity contribution in [3.8, 4) is 0 Å². The summed E-state index contributed by atoms with van der Waals surface area (Å²) in [6.07, 6.45) is 3.59. The van der Waals surface area contributed by atoms with Gasteiger partial charge in [0, 0.05) is 18.2 Å². The minimum atomic E-state index is -0.212. The number of aryl methyl sites for hydroxylation is 1. The maximum absolute atomic E-state index is 12.6. The van der Waals surface area contributed by atoms with Crippen LogP contribution in [0.25, 0.3) is 0 Å². The van der Waals surface area contributed by atoms with E-state index in [0.29, 0.717) is 6.54 Å². The average Bonchev–Trinajstić information content (AvgIpc) is 2.54. The fourth-order valence-corrected chi connectivity index (χ4v) is 3.44. The van der Waals surface area contributed by atoms with E-state index in [-0.39, 0.29) is 17.7 Å². The van der Waals surface area contributed by atoms with Gasteiger partial charge in [0.05, 0.1) is 6.54 Å². The van der Waals surface area contributed by atoms with Crippen molar-refractivity contribution in [1.82, 2.24) is 4.90 Å². The molecule has 2 heterocycles. The summed E-state index contributed by atoms with van der Waals surface area (Å²) in [5, 5.41) is 0. The first-order valence-corrected chi connectivity index (χ1v) is 8.05. The number of anilines is 1. The Morgan fingerprint density at radius 3 is 2.59 bits per heavy atom. The molecule has 2 aliphatic heterocycles. The molecule has 1 saturated heterocycles. The quantitative estimate of drug-likeness (QED) is 0.911. The van der Waals surface area contributed by atoms with Crippen molar-refractivity contribution in [2.24, 2.45) is 11.7 Å². The number of piperidine rings is 1. The number of nitrogens with two attached hydrogens (primary N) is 1. The number of primary amides is 1. The smallest absolute Gasteiger partial charge is 0.241 e. The molecular formula is C17H23N3O2. The van der Waals surface area contributed by atoms with Crippen molar-refractivity contribution < 1.29 is 9.59 Å². The molecule has 1 fully saturated rings. The third kappa shape index (κ3) is 3.14. The molecule has 5 heteroatoms. The summed E-state index contributed by atoms with van der Waals surface area (Å²) in [7, 11) is 0. The van der Waals surface area contributed by atoms with E-state index in [1.165, 1.54) is 5.56 Å². The maximum Gasteiger partial charge on any atom is 0.241 e. The Labute approximate surface area is 131 Å². The van der Waals surface area contributed by atoms with E-state index in [0.717, 1.165) is 51.0 Å². The molecule has 2 N–H and O–H groups in total. The number of carbonyl (C=O) groups is 2. The Morgan fingerprint density at radius 1 is 1.14 bits per heavy atom. The van der Waals surface area contributed by atoms with Crippen molar-refractivity contribution in [2.45, 2.75) is 25.7 Å². The minimum Gasteiger partial charge on any atom is -0.369 e. The fourth-order valence-electron chi connectivity index (χ4n) is 3.44. The molecule has 0 spiro atoms. The third-order valence-corrected chi connectivity index (χ3v) is 4.76. The number of para-hydroxylation sites is 1. The average molecular weight is 301 g/mol. The first-order chi connectivity index (χ1) is 10.6. The zero-order valence-electron chi connectivity index (χ0n) is 12.8. The predicted molar refractivity (Wildman–Crippen MR) is 85.5 cm³/mol. The van der Waals surface area contributed by atoms with Crippen molar-refractivity contribution in [2.75, 3.05) is 31.1 Å². The molecule has 0 radical (unpaired) electrons. The highest BCUT2D eigenvalue weighted by Gasteiger charge is 2.27. The number of hydrogen-bond acceptors (Lipinski definition) is 3. The lowest BCUT2D eigenvalue weighted by molar-refractivity contribution is -0.123. The summed E-state index contributed by atoms with van der Waals surface area (Å²) in [6.45, 7) is 2.77. The van der Waals surface area contributed by atoms with Crippen molar-refractivity contribution in [3.05, 3.63) is 29.8 Å². The zero-order chi connectivity index (χ0) is 15.5. The van der Waals surface area contributed by atoms with Crippen LogP contribution in [-0.2, 0) is 16.0 Å². The summed E-state index contributed by atoms with van der Waals surface area (Å²) in [5.41, 5.74) is 7.67. The second kappa shape index (κ2) is 6.48. The Balaban J connectivity index is 1.61. The fraction of sp³-hybridized carbons (Fsp3) is 0.529. The van der Waals surface area contributed by atoms with Gasteiger partial charge in [-0.1, -0.05) is 18.2 Å². The molecule has 3 rings (SSSR count). The molecule has 0 unspecified atom stereocenters. The van der Waals surface area contributed by atoms with E-state index >= 15 is 0 Å². The second-order valence-electron chi connectivity index (χ2n) is 6.23. The summed E-state index contributed by atoms with van der Waals surface area (Å²) in [4.78, 5) is 27.9. The Bertz CT molecular complexity index is 565. The van der Waals surface area contributed by atoms with Gasteiger partial charge < -0.3 is 10.6 Å².